The Morgan fingerprint density at radius 1 is 1.03 bits per heavy atom. The quantitative estimate of drug-likeness (QED) is 0.474. The van der Waals surface area contributed by atoms with Crippen molar-refractivity contribution in [1.29, 1.82) is 0 Å². The number of aliphatic imine (C=N–C) groups is 1. The van der Waals surface area contributed by atoms with Gasteiger partial charge in [0.15, 0.2) is 5.96 Å². The summed E-state index contributed by atoms with van der Waals surface area (Å²) < 4.78 is 10.5. The number of hydrogen-bond acceptors (Lipinski definition) is 4. The third-order valence-corrected chi connectivity index (χ3v) is 4.12. The summed E-state index contributed by atoms with van der Waals surface area (Å²) in [5, 5.41) is 9.34. The zero-order valence-electron chi connectivity index (χ0n) is 18.4. The fourth-order valence-electron chi connectivity index (χ4n) is 2.69. The molecule has 0 atom stereocenters. The molecule has 0 aliphatic heterocycles. The van der Waals surface area contributed by atoms with E-state index in [0.29, 0.717) is 12.2 Å². The molecule has 2 rings (SSSR count). The number of carbonyl (C=O) groups is 1. The highest BCUT2D eigenvalue weighted by Gasteiger charge is 2.16. The first-order chi connectivity index (χ1) is 14.3. The van der Waals surface area contributed by atoms with Crippen LogP contribution in [0.4, 0.5) is 10.5 Å². The van der Waals surface area contributed by atoms with Gasteiger partial charge >= 0.3 is 6.09 Å². The third-order valence-electron chi connectivity index (χ3n) is 4.12. The number of amides is 1. The van der Waals surface area contributed by atoms with Crippen molar-refractivity contribution in [1.82, 2.24) is 10.6 Å². The summed E-state index contributed by atoms with van der Waals surface area (Å²) in [6.07, 6.45) is 0.370. The highest BCUT2D eigenvalue weighted by molar-refractivity contribution is 5.84. The Bertz CT molecular complexity index is 842. The minimum Gasteiger partial charge on any atom is -0.497 e. The van der Waals surface area contributed by atoms with Crippen LogP contribution in [0.25, 0.3) is 0 Å². The molecular weight excluding hydrogens is 380 g/mol. The van der Waals surface area contributed by atoms with Crippen molar-refractivity contribution in [3.05, 3.63) is 59.7 Å². The lowest BCUT2D eigenvalue weighted by Crippen LogP contribution is -2.37. The van der Waals surface area contributed by atoms with Crippen molar-refractivity contribution in [3.8, 4) is 5.75 Å². The lowest BCUT2D eigenvalue weighted by molar-refractivity contribution is 0.0636. The number of benzene rings is 2. The van der Waals surface area contributed by atoms with Crippen molar-refractivity contribution in [3.63, 3.8) is 0 Å². The van der Waals surface area contributed by atoms with Crippen LogP contribution >= 0.6 is 0 Å². The van der Waals surface area contributed by atoms with E-state index in [4.69, 9.17) is 9.47 Å². The number of nitrogens with zero attached hydrogens (tertiary/aromatic N) is 1. The molecule has 7 heteroatoms. The summed E-state index contributed by atoms with van der Waals surface area (Å²) >= 11 is 0. The molecule has 7 nitrogen and oxygen atoms in total. The second kappa shape index (κ2) is 11.1. The van der Waals surface area contributed by atoms with Crippen LogP contribution in [0.2, 0.25) is 0 Å². The predicted octanol–water partition coefficient (Wildman–Crippen LogP) is 3.95. The Hall–Kier alpha value is -3.22. The molecule has 0 saturated carbocycles. The maximum absolute atomic E-state index is 11.8. The number of guanidine groups is 1. The van der Waals surface area contributed by atoms with Crippen molar-refractivity contribution in [2.45, 2.75) is 39.3 Å². The van der Waals surface area contributed by atoms with E-state index in [1.165, 1.54) is 0 Å². The first kappa shape index (κ1) is 23.1. The smallest absolute Gasteiger partial charge is 0.412 e. The molecule has 162 valence electrons. The highest BCUT2D eigenvalue weighted by Crippen LogP contribution is 2.14. The van der Waals surface area contributed by atoms with Gasteiger partial charge < -0.3 is 20.1 Å². The topological polar surface area (TPSA) is 84.0 Å². The summed E-state index contributed by atoms with van der Waals surface area (Å²) in [6.45, 7) is 6.89. The van der Waals surface area contributed by atoms with E-state index in [0.717, 1.165) is 35.8 Å². The lowest BCUT2D eigenvalue weighted by Gasteiger charge is -2.19. The molecule has 3 N–H and O–H groups in total. The number of carbonyl (C=O) groups excluding carboxylic acids is 1. The number of hydrogen-bond donors (Lipinski definition) is 3. The Balaban J connectivity index is 1.76. The highest BCUT2D eigenvalue weighted by atomic mass is 16.6. The molecule has 0 bridgehead atoms. The van der Waals surface area contributed by atoms with Crippen LogP contribution in [0.5, 0.6) is 5.75 Å². The first-order valence-electron chi connectivity index (χ1n) is 9.95. The van der Waals surface area contributed by atoms with Gasteiger partial charge in [0.25, 0.3) is 0 Å². The Labute approximate surface area is 178 Å². The molecule has 30 heavy (non-hydrogen) atoms. The number of methoxy groups -OCH3 is 1. The van der Waals surface area contributed by atoms with Crippen molar-refractivity contribution in [2.75, 3.05) is 26.0 Å². The average Bonchev–Trinajstić information content (AvgIpc) is 2.70. The molecule has 1 amide bonds. The van der Waals surface area contributed by atoms with Crippen LogP contribution in [-0.2, 0) is 17.7 Å². The van der Waals surface area contributed by atoms with Gasteiger partial charge in [0.2, 0.25) is 0 Å². The van der Waals surface area contributed by atoms with Crippen LogP contribution in [0.3, 0.4) is 0 Å². The predicted molar refractivity (Wildman–Crippen MR) is 121 cm³/mol. The van der Waals surface area contributed by atoms with Gasteiger partial charge in [-0.2, -0.15) is 0 Å². The van der Waals surface area contributed by atoms with Crippen LogP contribution in [0, 0.1) is 0 Å². The first-order valence-corrected chi connectivity index (χ1v) is 9.95. The molecule has 0 fully saturated rings. The van der Waals surface area contributed by atoms with Gasteiger partial charge in [0.05, 0.1) is 7.11 Å². The van der Waals surface area contributed by atoms with Crippen molar-refractivity contribution in [2.24, 2.45) is 4.99 Å². The van der Waals surface area contributed by atoms with Gasteiger partial charge in [-0.15, -0.1) is 0 Å². The largest absolute Gasteiger partial charge is 0.497 e. The number of ether oxygens (including phenoxy) is 2. The molecular formula is C23H32N4O3. The van der Waals surface area contributed by atoms with Gasteiger partial charge in [-0.1, -0.05) is 24.3 Å². The molecule has 2 aromatic rings. The maximum Gasteiger partial charge on any atom is 0.412 e. The van der Waals surface area contributed by atoms with Gasteiger partial charge in [-0.25, -0.2) is 4.79 Å². The standard InChI is InChI=1S/C23H32N4O3/c1-23(2,3)30-22(28)27-19-11-9-17(10-12-19)13-14-25-21(24-4)26-16-18-7-6-8-20(15-18)29-5/h6-12,15H,13-14,16H2,1-5H3,(H,27,28)(H2,24,25,26). The number of nitrogens with one attached hydrogen (secondary N) is 3. The molecule has 0 heterocycles. The SMILES string of the molecule is CN=C(NCCc1ccc(NC(=O)OC(C)(C)C)cc1)NCc1cccc(OC)c1. The minimum absolute atomic E-state index is 0.456. The van der Waals surface area contributed by atoms with Crippen LogP contribution in [-0.4, -0.2) is 38.4 Å². The third kappa shape index (κ3) is 8.43. The lowest BCUT2D eigenvalue weighted by atomic mass is 10.1. The molecule has 0 aliphatic rings. The van der Waals surface area contributed by atoms with Crippen molar-refractivity contribution >= 4 is 17.7 Å². The fraction of sp³-hybridized carbons (Fsp3) is 0.391. The average molecular weight is 413 g/mol. The zero-order valence-corrected chi connectivity index (χ0v) is 18.4. The molecule has 0 aliphatic carbocycles. The van der Waals surface area contributed by atoms with Crippen LogP contribution in [0.15, 0.2) is 53.5 Å². The van der Waals surface area contributed by atoms with E-state index >= 15 is 0 Å². The second-order valence-corrected chi connectivity index (χ2v) is 7.78. The molecule has 0 aromatic heterocycles. The van der Waals surface area contributed by atoms with E-state index in [-0.39, 0.29) is 0 Å². The summed E-state index contributed by atoms with van der Waals surface area (Å²) in [6, 6.07) is 15.6. The summed E-state index contributed by atoms with van der Waals surface area (Å²) in [5.41, 5.74) is 2.46. The normalized spacial score (nSPS) is 11.6. The summed E-state index contributed by atoms with van der Waals surface area (Å²) in [4.78, 5) is 16.1. The maximum atomic E-state index is 11.8. The minimum atomic E-state index is -0.519. The second-order valence-electron chi connectivity index (χ2n) is 7.78. The number of rotatable bonds is 7. The molecule has 0 unspecified atom stereocenters. The van der Waals surface area contributed by atoms with E-state index in [1.54, 1.807) is 14.2 Å². The van der Waals surface area contributed by atoms with E-state index in [9.17, 15) is 4.79 Å². The van der Waals surface area contributed by atoms with Gasteiger partial charge in [0, 0.05) is 25.8 Å². The van der Waals surface area contributed by atoms with Gasteiger partial charge in [0.1, 0.15) is 11.4 Å². The van der Waals surface area contributed by atoms with Crippen LogP contribution < -0.4 is 20.7 Å². The molecule has 0 spiro atoms. The fourth-order valence-corrected chi connectivity index (χ4v) is 2.69. The Morgan fingerprint density at radius 2 is 1.77 bits per heavy atom. The molecule has 0 saturated heterocycles. The Kier molecular flexibility index (Phi) is 8.53. The monoisotopic (exact) mass is 412 g/mol. The van der Waals surface area contributed by atoms with E-state index in [1.807, 2.05) is 69.3 Å². The van der Waals surface area contributed by atoms with Crippen LogP contribution in [0.1, 0.15) is 31.9 Å². The summed E-state index contributed by atoms with van der Waals surface area (Å²) in [5.74, 6) is 1.57. The zero-order chi connectivity index (χ0) is 22.0. The van der Waals surface area contributed by atoms with Gasteiger partial charge in [-0.3, -0.25) is 10.3 Å². The number of anilines is 1. The Morgan fingerprint density at radius 3 is 2.40 bits per heavy atom. The molecule has 2 aromatic carbocycles. The summed E-state index contributed by atoms with van der Waals surface area (Å²) in [7, 11) is 3.41. The van der Waals surface area contributed by atoms with Gasteiger partial charge in [-0.05, 0) is 62.6 Å². The van der Waals surface area contributed by atoms with E-state index < -0.39 is 11.7 Å². The molecule has 0 radical (unpaired) electrons. The van der Waals surface area contributed by atoms with Crippen molar-refractivity contribution < 1.29 is 14.3 Å². The van der Waals surface area contributed by atoms with E-state index in [2.05, 4.69) is 20.9 Å².